The number of benzene rings is 2. The maximum absolute atomic E-state index is 13.7. The molecule has 0 atom stereocenters. The molecule has 1 aliphatic rings. The molecule has 0 spiro atoms. The van der Waals surface area contributed by atoms with E-state index in [0.29, 0.717) is 10.0 Å². The predicted molar refractivity (Wildman–Crippen MR) is 76.2 cm³/mol. The van der Waals surface area contributed by atoms with Crippen LogP contribution < -0.4 is 5.32 Å². The summed E-state index contributed by atoms with van der Waals surface area (Å²) in [4.78, 5) is 12.3. The summed E-state index contributed by atoms with van der Waals surface area (Å²) in [6.07, 6.45) is 0.967. The summed E-state index contributed by atoms with van der Waals surface area (Å²) < 4.78 is 14.4. The fourth-order valence-electron chi connectivity index (χ4n) is 2.26. The summed E-state index contributed by atoms with van der Waals surface area (Å²) in [6.45, 7) is 0.887. The molecular weight excluding hydrogens is 309 g/mol. The minimum absolute atomic E-state index is 0.0901. The topological polar surface area (TPSA) is 29.1 Å². The van der Waals surface area contributed by atoms with Crippen molar-refractivity contribution in [1.29, 1.82) is 0 Å². The average Bonchev–Trinajstić information content (AvgIpc) is 2.88. The Hall–Kier alpha value is -1.68. The number of hydrogen-bond acceptors (Lipinski definition) is 2. The Morgan fingerprint density at radius 2 is 2.05 bits per heavy atom. The predicted octanol–water partition coefficient (Wildman–Crippen LogP) is 3.79. The minimum atomic E-state index is -0.498. The van der Waals surface area contributed by atoms with Crippen molar-refractivity contribution in [1.82, 2.24) is 0 Å². The standard InChI is InChI=1S/C15H11BrFNO/c16-11-3-4-13(17)12(8-11)15(19)10-2-1-9-5-6-18-14(9)7-10/h1-4,7-8,18H,5-6H2. The van der Waals surface area contributed by atoms with Crippen LogP contribution in [0.5, 0.6) is 0 Å². The molecular formula is C15H11BrFNO. The van der Waals surface area contributed by atoms with Gasteiger partial charge in [-0.05, 0) is 36.2 Å². The first kappa shape index (κ1) is 12.4. The van der Waals surface area contributed by atoms with Crippen molar-refractivity contribution in [2.45, 2.75) is 6.42 Å². The van der Waals surface area contributed by atoms with Crippen molar-refractivity contribution in [3.8, 4) is 0 Å². The van der Waals surface area contributed by atoms with Gasteiger partial charge in [-0.15, -0.1) is 0 Å². The van der Waals surface area contributed by atoms with Crippen molar-refractivity contribution >= 4 is 27.4 Å². The molecule has 0 fully saturated rings. The van der Waals surface area contributed by atoms with Gasteiger partial charge in [-0.3, -0.25) is 4.79 Å². The number of nitrogens with one attached hydrogen (secondary N) is 1. The van der Waals surface area contributed by atoms with E-state index in [0.717, 1.165) is 18.7 Å². The molecule has 19 heavy (non-hydrogen) atoms. The number of carbonyl (C=O) groups excluding carboxylic acids is 1. The van der Waals surface area contributed by atoms with E-state index >= 15 is 0 Å². The van der Waals surface area contributed by atoms with Crippen LogP contribution in [-0.2, 0) is 6.42 Å². The number of hydrogen-bond donors (Lipinski definition) is 1. The molecule has 2 nitrogen and oxygen atoms in total. The Labute approximate surface area is 118 Å². The van der Waals surface area contributed by atoms with Crippen molar-refractivity contribution in [3.63, 3.8) is 0 Å². The smallest absolute Gasteiger partial charge is 0.196 e. The fraction of sp³-hybridized carbons (Fsp3) is 0.133. The van der Waals surface area contributed by atoms with E-state index in [-0.39, 0.29) is 11.3 Å². The third kappa shape index (κ3) is 2.28. The maximum atomic E-state index is 13.7. The first-order valence-electron chi connectivity index (χ1n) is 6.02. The van der Waals surface area contributed by atoms with E-state index in [1.165, 1.54) is 17.7 Å². The second-order valence-corrected chi connectivity index (χ2v) is 5.42. The number of ketones is 1. The van der Waals surface area contributed by atoms with Crippen LogP contribution in [-0.4, -0.2) is 12.3 Å². The highest BCUT2D eigenvalue weighted by molar-refractivity contribution is 9.10. The number of anilines is 1. The summed E-state index contributed by atoms with van der Waals surface area (Å²) in [5, 5.41) is 3.22. The molecule has 1 N–H and O–H groups in total. The molecule has 0 saturated heterocycles. The van der Waals surface area contributed by atoms with Crippen LogP contribution in [0, 0.1) is 5.82 Å². The SMILES string of the molecule is O=C(c1ccc2c(c1)NCC2)c1cc(Br)ccc1F. The van der Waals surface area contributed by atoms with Crippen LogP contribution in [0.1, 0.15) is 21.5 Å². The van der Waals surface area contributed by atoms with E-state index in [4.69, 9.17) is 0 Å². The number of halogens is 2. The van der Waals surface area contributed by atoms with Gasteiger partial charge in [0.25, 0.3) is 0 Å². The third-order valence-electron chi connectivity index (χ3n) is 3.25. The number of fused-ring (bicyclic) bond motifs is 1. The number of rotatable bonds is 2. The largest absolute Gasteiger partial charge is 0.384 e. The summed E-state index contributed by atoms with van der Waals surface area (Å²) in [7, 11) is 0. The van der Waals surface area contributed by atoms with Crippen LogP contribution in [0.15, 0.2) is 40.9 Å². The van der Waals surface area contributed by atoms with Gasteiger partial charge in [-0.25, -0.2) is 4.39 Å². The van der Waals surface area contributed by atoms with Crippen LogP contribution >= 0.6 is 15.9 Å². The van der Waals surface area contributed by atoms with Crippen molar-refractivity contribution in [3.05, 3.63) is 63.4 Å². The maximum Gasteiger partial charge on any atom is 0.196 e. The molecule has 2 aromatic rings. The Morgan fingerprint density at radius 1 is 1.21 bits per heavy atom. The first-order valence-corrected chi connectivity index (χ1v) is 6.81. The Kier molecular flexibility index (Phi) is 3.11. The Morgan fingerprint density at radius 3 is 2.89 bits per heavy atom. The van der Waals surface area contributed by atoms with Crippen molar-refractivity contribution < 1.29 is 9.18 Å². The van der Waals surface area contributed by atoms with Gasteiger partial charge in [0.1, 0.15) is 5.82 Å². The zero-order valence-corrected chi connectivity index (χ0v) is 11.6. The summed E-state index contributed by atoms with van der Waals surface area (Å²) in [6, 6.07) is 9.87. The molecule has 96 valence electrons. The van der Waals surface area contributed by atoms with E-state index in [2.05, 4.69) is 21.2 Å². The zero-order valence-electron chi connectivity index (χ0n) is 10.0. The summed E-state index contributed by atoms with van der Waals surface area (Å²) in [5.74, 6) is -0.794. The van der Waals surface area contributed by atoms with Gasteiger partial charge in [0.15, 0.2) is 5.78 Å². The van der Waals surface area contributed by atoms with E-state index in [1.54, 1.807) is 18.2 Å². The molecule has 1 heterocycles. The fourth-order valence-corrected chi connectivity index (χ4v) is 2.62. The van der Waals surface area contributed by atoms with E-state index < -0.39 is 5.82 Å². The van der Waals surface area contributed by atoms with Crippen LogP contribution in [0.2, 0.25) is 0 Å². The minimum Gasteiger partial charge on any atom is -0.384 e. The second kappa shape index (κ2) is 4.78. The lowest BCUT2D eigenvalue weighted by Crippen LogP contribution is -2.05. The normalized spacial score (nSPS) is 12.9. The molecule has 4 heteroatoms. The zero-order chi connectivity index (χ0) is 13.4. The Bertz CT molecular complexity index is 669. The van der Waals surface area contributed by atoms with Gasteiger partial charge < -0.3 is 5.32 Å². The highest BCUT2D eigenvalue weighted by atomic mass is 79.9. The van der Waals surface area contributed by atoms with Gasteiger partial charge in [0.2, 0.25) is 0 Å². The van der Waals surface area contributed by atoms with Crippen molar-refractivity contribution in [2.24, 2.45) is 0 Å². The monoisotopic (exact) mass is 319 g/mol. The molecule has 0 bridgehead atoms. The van der Waals surface area contributed by atoms with Gasteiger partial charge in [-0.1, -0.05) is 28.1 Å². The molecule has 0 amide bonds. The van der Waals surface area contributed by atoms with E-state index in [9.17, 15) is 9.18 Å². The quantitative estimate of drug-likeness (QED) is 0.853. The van der Waals surface area contributed by atoms with Crippen LogP contribution in [0.4, 0.5) is 10.1 Å². The Balaban J connectivity index is 2.02. The highest BCUT2D eigenvalue weighted by Crippen LogP contribution is 2.25. The van der Waals surface area contributed by atoms with Crippen LogP contribution in [0.25, 0.3) is 0 Å². The molecule has 0 saturated carbocycles. The van der Waals surface area contributed by atoms with E-state index in [1.807, 2.05) is 6.07 Å². The summed E-state index contributed by atoms with van der Waals surface area (Å²) in [5.41, 5.74) is 2.77. The van der Waals surface area contributed by atoms with Gasteiger partial charge >= 0.3 is 0 Å². The number of carbonyl (C=O) groups is 1. The molecule has 0 aliphatic carbocycles. The van der Waals surface area contributed by atoms with Gasteiger partial charge in [0.05, 0.1) is 5.56 Å². The first-order chi connectivity index (χ1) is 9.15. The lowest BCUT2D eigenvalue weighted by Gasteiger charge is -2.06. The molecule has 0 radical (unpaired) electrons. The van der Waals surface area contributed by atoms with Crippen molar-refractivity contribution in [2.75, 3.05) is 11.9 Å². The van der Waals surface area contributed by atoms with Gasteiger partial charge in [-0.2, -0.15) is 0 Å². The molecule has 0 unspecified atom stereocenters. The third-order valence-corrected chi connectivity index (χ3v) is 3.75. The average molecular weight is 320 g/mol. The lowest BCUT2D eigenvalue weighted by atomic mass is 10.0. The highest BCUT2D eigenvalue weighted by Gasteiger charge is 2.17. The molecule has 0 aromatic heterocycles. The summed E-state index contributed by atoms with van der Waals surface area (Å²) >= 11 is 3.26. The lowest BCUT2D eigenvalue weighted by molar-refractivity contribution is 0.103. The molecule has 1 aliphatic heterocycles. The van der Waals surface area contributed by atoms with Gasteiger partial charge in [0, 0.05) is 22.3 Å². The second-order valence-electron chi connectivity index (χ2n) is 4.50. The van der Waals surface area contributed by atoms with Crippen LogP contribution in [0.3, 0.4) is 0 Å². The molecule has 2 aromatic carbocycles. The molecule has 3 rings (SSSR count).